The maximum Gasteiger partial charge on any atom is 0.158 e. The lowest BCUT2D eigenvalue weighted by molar-refractivity contribution is -0.199. The van der Waals surface area contributed by atoms with Gasteiger partial charge in [-0.3, -0.25) is 0 Å². The summed E-state index contributed by atoms with van der Waals surface area (Å²) in [4.78, 5) is 0. The summed E-state index contributed by atoms with van der Waals surface area (Å²) in [6, 6.07) is 0. The van der Waals surface area contributed by atoms with Crippen LogP contribution in [0.4, 0.5) is 0 Å². The maximum atomic E-state index is 6.14. The molecule has 3 rings (SSSR count). The number of fused-ring (bicyclic) bond motifs is 1. The maximum absolute atomic E-state index is 6.14. The minimum Gasteiger partial charge on any atom is -0.364 e. The van der Waals surface area contributed by atoms with E-state index in [4.69, 9.17) is 14.2 Å². The molecule has 1 unspecified atom stereocenters. The first-order valence-corrected chi connectivity index (χ1v) is 6.93. The molecule has 0 aromatic rings. The van der Waals surface area contributed by atoms with Crippen LogP contribution in [-0.4, -0.2) is 30.7 Å². The lowest BCUT2D eigenvalue weighted by Crippen LogP contribution is -2.41. The number of hydrogen-bond donors (Lipinski definition) is 0. The third-order valence-corrected chi connectivity index (χ3v) is 4.33. The highest BCUT2D eigenvalue weighted by Crippen LogP contribution is 2.55. The Bertz CT molecular complexity index is 293. The third-order valence-electron chi connectivity index (χ3n) is 4.33. The van der Waals surface area contributed by atoms with Crippen molar-refractivity contribution in [2.45, 2.75) is 77.0 Å². The zero-order valence-electron chi connectivity index (χ0n) is 11.2. The zero-order valence-corrected chi connectivity index (χ0v) is 11.2. The molecule has 0 aromatic heterocycles. The van der Waals surface area contributed by atoms with Crippen LogP contribution in [0.2, 0.25) is 0 Å². The minimum absolute atomic E-state index is 0.0103. The average Bonchev–Trinajstić information content (AvgIpc) is 2.89. The molecule has 17 heavy (non-hydrogen) atoms. The fourth-order valence-electron chi connectivity index (χ4n) is 3.67. The Balaban J connectivity index is 1.62. The van der Waals surface area contributed by atoms with E-state index >= 15 is 0 Å². The van der Waals surface area contributed by atoms with E-state index < -0.39 is 0 Å². The van der Waals surface area contributed by atoms with Crippen LogP contribution >= 0.6 is 0 Å². The molecule has 2 heterocycles. The highest BCUT2D eigenvalue weighted by atomic mass is 16.7. The highest BCUT2D eigenvalue weighted by Gasteiger charge is 2.63. The van der Waals surface area contributed by atoms with Crippen LogP contribution < -0.4 is 0 Å². The minimum atomic E-state index is 0.0103. The van der Waals surface area contributed by atoms with Crippen molar-refractivity contribution in [1.29, 1.82) is 0 Å². The van der Waals surface area contributed by atoms with Crippen LogP contribution in [0.25, 0.3) is 0 Å². The second kappa shape index (κ2) is 3.94. The van der Waals surface area contributed by atoms with Crippen molar-refractivity contribution in [3.8, 4) is 0 Å². The Kier molecular flexibility index (Phi) is 2.77. The summed E-state index contributed by atoms with van der Waals surface area (Å²) in [7, 11) is 0. The first-order chi connectivity index (χ1) is 7.99. The predicted octanol–water partition coefficient (Wildman–Crippen LogP) is 2.88. The molecular weight excluding hydrogens is 216 g/mol. The Morgan fingerprint density at radius 3 is 2.71 bits per heavy atom. The fraction of sp³-hybridized carbons (Fsp3) is 1.00. The van der Waals surface area contributed by atoms with Crippen LogP contribution in [-0.2, 0) is 14.2 Å². The zero-order chi connectivity index (χ0) is 12.1. The van der Waals surface area contributed by atoms with Crippen molar-refractivity contribution < 1.29 is 14.2 Å². The molecule has 0 amide bonds. The van der Waals surface area contributed by atoms with Crippen LogP contribution in [0.1, 0.15) is 52.9 Å². The second-order valence-corrected chi connectivity index (χ2v) is 6.87. The van der Waals surface area contributed by atoms with Gasteiger partial charge in [0.25, 0.3) is 0 Å². The van der Waals surface area contributed by atoms with Crippen molar-refractivity contribution >= 4 is 0 Å². The van der Waals surface area contributed by atoms with Gasteiger partial charge in [0, 0.05) is 6.61 Å². The standard InChI is InChI=1S/C14H24O3/c1-13(2)8-10(12-14(3,9-13)17-12)16-11-6-4-5-7-15-11/h10-12H,4-9H2,1-3H3/t10-,11?,12+,14-/m0/s1. The van der Waals surface area contributed by atoms with Gasteiger partial charge in [-0.2, -0.15) is 0 Å². The van der Waals surface area contributed by atoms with Crippen molar-refractivity contribution in [3.63, 3.8) is 0 Å². The van der Waals surface area contributed by atoms with Crippen LogP contribution in [0.5, 0.6) is 0 Å². The fourth-order valence-corrected chi connectivity index (χ4v) is 3.67. The van der Waals surface area contributed by atoms with E-state index in [2.05, 4.69) is 20.8 Å². The van der Waals surface area contributed by atoms with Gasteiger partial charge in [0.2, 0.25) is 0 Å². The summed E-state index contributed by atoms with van der Waals surface area (Å²) in [5, 5.41) is 0. The quantitative estimate of drug-likeness (QED) is 0.695. The molecule has 0 radical (unpaired) electrons. The van der Waals surface area contributed by atoms with E-state index in [1.54, 1.807) is 0 Å². The summed E-state index contributed by atoms with van der Waals surface area (Å²) in [5.74, 6) is 0. The number of hydrogen-bond acceptors (Lipinski definition) is 3. The van der Waals surface area contributed by atoms with Crippen LogP contribution in [0, 0.1) is 5.41 Å². The highest BCUT2D eigenvalue weighted by molar-refractivity contribution is 5.11. The average molecular weight is 240 g/mol. The molecule has 2 aliphatic heterocycles. The molecule has 1 aliphatic carbocycles. The first kappa shape index (κ1) is 11.9. The molecule has 0 aromatic carbocycles. The van der Waals surface area contributed by atoms with E-state index in [1.807, 2.05) is 0 Å². The van der Waals surface area contributed by atoms with Gasteiger partial charge in [0.05, 0.1) is 11.7 Å². The van der Waals surface area contributed by atoms with Crippen molar-refractivity contribution in [2.24, 2.45) is 5.41 Å². The Labute approximate surface area is 104 Å². The van der Waals surface area contributed by atoms with Gasteiger partial charge in [0.15, 0.2) is 6.29 Å². The van der Waals surface area contributed by atoms with Gasteiger partial charge in [-0.05, 0) is 44.4 Å². The molecule has 1 saturated carbocycles. The first-order valence-electron chi connectivity index (χ1n) is 6.93. The normalized spacial score (nSPS) is 48.5. The molecule has 4 atom stereocenters. The van der Waals surface area contributed by atoms with Crippen LogP contribution in [0.3, 0.4) is 0 Å². The summed E-state index contributed by atoms with van der Waals surface area (Å²) >= 11 is 0. The third kappa shape index (κ3) is 2.38. The number of epoxide rings is 1. The molecule has 3 fully saturated rings. The SMILES string of the molecule is CC1(C)C[C@H](OC2CCCCO2)[C@H]2O[C@@]2(C)C1. The Hall–Kier alpha value is -0.120. The van der Waals surface area contributed by atoms with Crippen LogP contribution in [0.15, 0.2) is 0 Å². The monoisotopic (exact) mass is 240 g/mol. The Morgan fingerprint density at radius 1 is 1.18 bits per heavy atom. The van der Waals surface area contributed by atoms with E-state index in [-0.39, 0.29) is 18.0 Å². The molecule has 3 nitrogen and oxygen atoms in total. The topological polar surface area (TPSA) is 31.0 Å². The second-order valence-electron chi connectivity index (χ2n) is 6.87. The summed E-state index contributed by atoms with van der Waals surface area (Å²) in [6.45, 7) is 7.70. The largest absolute Gasteiger partial charge is 0.364 e. The number of rotatable bonds is 2. The molecule has 0 spiro atoms. The van der Waals surface area contributed by atoms with Gasteiger partial charge in [-0.15, -0.1) is 0 Å². The van der Waals surface area contributed by atoms with Gasteiger partial charge < -0.3 is 14.2 Å². The molecule has 0 bridgehead atoms. The number of ether oxygens (including phenoxy) is 3. The van der Waals surface area contributed by atoms with Crippen molar-refractivity contribution in [3.05, 3.63) is 0 Å². The van der Waals surface area contributed by atoms with E-state index in [9.17, 15) is 0 Å². The molecule has 3 heteroatoms. The Morgan fingerprint density at radius 2 is 2.00 bits per heavy atom. The molecular formula is C14H24O3. The molecule has 0 N–H and O–H groups in total. The van der Waals surface area contributed by atoms with Gasteiger partial charge in [0.1, 0.15) is 6.10 Å². The van der Waals surface area contributed by atoms with Gasteiger partial charge in [-0.25, -0.2) is 0 Å². The lowest BCUT2D eigenvalue weighted by Gasteiger charge is -2.37. The van der Waals surface area contributed by atoms with Crippen molar-refractivity contribution in [1.82, 2.24) is 0 Å². The van der Waals surface area contributed by atoms with Crippen molar-refractivity contribution in [2.75, 3.05) is 6.61 Å². The predicted molar refractivity (Wildman–Crippen MR) is 64.8 cm³/mol. The van der Waals surface area contributed by atoms with Gasteiger partial charge >= 0.3 is 0 Å². The summed E-state index contributed by atoms with van der Waals surface area (Å²) in [5.41, 5.74) is 0.391. The van der Waals surface area contributed by atoms with E-state index in [1.165, 1.54) is 12.8 Å². The summed E-state index contributed by atoms with van der Waals surface area (Å²) in [6.07, 6.45) is 6.23. The summed E-state index contributed by atoms with van der Waals surface area (Å²) < 4.78 is 17.7. The molecule has 3 aliphatic rings. The van der Waals surface area contributed by atoms with Gasteiger partial charge in [-0.1, -0.05) is 13.8 Å². The van der Waals surface area contributed by atoms with E-state index in [0.717, 1.165) is 25.9 Å². The van der Waals surface area contributed by atoms with E-state index in [0.29, 0.717) is 11.5 Å². The smallest absolute Gasteiger partial charge is 0.158 e. The molecule has 2 saturated heterocycles. The lowest BCUT2D eigenvalue weighted by atomic mass is 9.71. The molecule has 98 valence electrons.